The van der Waals surface area contributed by atoms with Crippen molar-refractivity contribution in [1.82, 2.24) is 10.2 Å². The third-order valence-corrected chi connectivity index (χ3v) is 7.93. The molecule has 0 aliphatic carbocycles. The maximum atomic E-state index is 13.1. The highest BCUT2D eigenvalue weighted by Gasteiger charge is 2.41. The fourth-order valence-corrected chi connectivity index (χ4v) is 5.74. The molecule has 7 nitrogen and oxygen atoms in total. The Morgan fingerprint density at radius 3 is 2.54 bits per heavy atom. The molecule has 1 unspecified atom stereocenters. The lowest BCUT2D eigenvalue weighted by Crippen LogP contribution is -2.53. The van der Waals surface area contributed by atoms with Gasteiger partial charge in [0.1, 0.15) is 23.4 Å². The molecule has 0 radical (unpaired) electrons. The van der Waals surface area contributed by atoms with Crippen molar-refractivity contribution in [3.05, 3.63) is 40.9 Å². The van der Waals surface area contributed by atoms with E-state index in [4.69, 9.17) is 30.5 Å². The maximum Gasteiger partial charge on any atom is 0.407 e. The van der Waals surface area contributed by atoms with Crippen molar-refractivity contribution < 1.29 is 23.7 Å². The van der Waals surface area contributed by atoms with Crippen LogP contribution in [0.1, 0.15) is 38.3 Å². The Hall–Kier alpha value is -2.64. The summed E-state index contributed by atoms with van der Waals surface area (Å²) < 4.78 is 23.3. The summed E-state index contributed by atoms with van der Waals surface area (Å²) in [5.41, 5.74) is 2.09. The molecule has 4 aliphatic rings. The summed E-state index contributed by atoms with van der Waals surface area (Å²) in [5.74, 6) is 2.47. The number of nitrogens with one attached hydrogen (secondary N) is 1. The number of hydrogen-bond acceptors (Lipinski definition) is 6. The van der Waals surface area contributed by atoms with E-state index in [0.717, 1.165) is 49.2 Å². The Labute approximate surface area is 211 Å². The van der Waals surface area contributed by atoms with Gasteiger partial charge >= 0.3 is 6.09 Å². The SMILES string of the molecule is COc1ccc(Cl)c(-c2cc3c(cc2OC)C(NC(=O)O[C@H]2CN4CCC2CC4)C(C)(C)CO3)c1. The summed E-state index contributed by atoms with van der Waals surface area (Å²) >= 11 is 6.53. The highest BCUT2D eigenvalue weighted by molar-refractivity contribution is 6.33. The summed E-state index contributed by atoms with van der Waals surface area (Å²) in [6.45, 7) is 7.63. The van der Waals surface area contributed by atoms with Gasteiger partial charge in [0.25, 0.3) is 0 Å². The minimum absolute atomic E-state index is 0.0490. The topological polar surface area (TPSA) is 69.3 Å². The van der Waals surface area contributed by atoms with E-state index in [2.05, 4.69) is 24.1 Å². The number of fused-ring (bicyclic) bond motifs is 4. The number of benzene rings is 2. The lowest BCUT2D eigenvalue weighted by Gasteiger charge is -2.44. The van der Waals surface area contributed by atoms with Gasteiger partial charge in [-0.05, 0) is 62.2 Å². The van der Waals surface area contributed by atoms with Crippen molar-refractivity contribution in [3.8, 4) is 28.4 Å². The molecule has 0 spiro atoms. The number of halogens is 1. The van der Waals surface area contributed by atoms with Crippen molar-refractivity contribution in [1.29, 1.82) is 0 Å². The van der Waals surface area contributed by atoms with E-state index in [9.17, 15) is 4.79 Å². The van der Waals surface area contributed by atoms with Crippen LogP contribution in [0.5, 0.6) is 17.2 Å². The van der Waals surface area contributed by atoms with Gasteiger partial charge in [-0.25, -0.2) is 4.79 Å². The van der Waals surface area contributed by atoms with Crippen LogP contribution in [-0.2, 0) is 4.74 Å². The van der Waals surface area contributed by atoms with Gasteiger partial charge < -0.3 is 24.3 Å². The molecule has 2 bridgehead atoms. The average Bonchev–Trinajstić information content (AvgIpc) is 2.86. The van der Waals surface area contributed by atoms with Gasteiger partial charge in [-0.15, -0.1) is 0 Å². The summed E-state index contributed by atoms with van der Waals surface area (Å²) in [6.07, 6.45) is 1.76. The molecule has 4 heterocycles. The van der Waals surface area contributed by atoms with E-state index in [-0.39, 0.29) is 23.7 Å². The number of carbonyl (C=O) groups is 1. The minimum atomic E-state index is -0.381. The largest absolute Gasteiger partial charge is 0.497 e. The number of amides is 1. The molecule has 4 aliphatic heterocycles. The molecule has 8 heteroatoms. The first-order valence-electron chi connectivity index (χ1n) is 12.2. The number of nitrogens with zero attached hydrogens (tertiary/aromatic N) is 1. The molecule has 6 rings (SSSR count). The number of rotatable bonds is 5. The zero-order chi connectivity index (χ0) is 24.7. The zero-order valence-corrected chi connectivity index (χ0v) is 21.5. The maximum absolute atomic E-state index is 13.1. The summed E-state index contributed by atoms with van der Waals surface area (Å²) in [5, 5.41) is 3.73. The van der Waals surface area contributed by atoms with Gasteiger partial charge in [0.2, 0.25) is 0 Å². The Morgan fingerprint density at radius 2 is 1.89 bits per heavy atom. The first-order chi connectivity index (χ1) is 16.8. The molecule has 1 N–H and O–H groups in total. The van der Waals surface area contributed by atoms with Gasteiger partial charge in [-0.3, -0.25) is 4.90 Å². The van der Waals surface area contributed by atoms with Crippen LogP contribution in [0.4, 0.5) is 4.79 Å². The lowest BCUT2D eigenvalue weighted by molar-refractivity contribution is -0.0361. The standard InChI is InChI=1S/C27H33ClN2O5/c1-27(2)15-34-23-12-19(18-11-17(32-3)5-6-21(18)28)22(33-4)13-20(23)25(27)29-26(31)35-24-14-30-9-7-16(24)8-10-30/h5-6,11-13,16,24-25H,7-10,14-15H2,1-4H3,(H,29,31)/t24-,25?/m0/s1. The fourth-order valence-electron chi connectivity index (χ4n) is 5.52. The Bertz CT molecular complexity index is 1110. The molecule has 2 aromatic rings. The van der Waals surface area contributed by atoms with E-state index >= 15 is 0 Å². The monoisotopic (exact) mass is 500 g/mol. The van der Waals surface area contributed by atoms with E-state index in [1.165, 1.54) is 0 Å². The highest BCUT2D eigenvalue weighted by atomic mass is 35.5. The first-order valence-corrected chi connectivity index (χ1v) is 12.5. The van der Waals surface area contributed by atoms with Crippen LogP contribution in [0.15, 0.2) is 30.3 Å². The third kappa shape index (κ3) is 4.64. The third-order valence-electron chi connectivity index (χ3n) is 7.60. The van der Waals surface area contributed by atoms with E-state index in [0.29, 0.717) is 34.8 Å². The normalized spacial score (nSPS) is 26.3. The molecular weight excluding hydrogens is 468 g/mol. The molecule has 3 saturated heterocycles. The van der Waals surface area contributed by atoms with Gasteiger partial charge in [0.05, 0.1) is 26.9 Å². The number of piperidine rings is 3. The van der Waals surface area contributed by atoms with Crippen LogP contribution in [-0.4, -0.2) is 57.6 Å². The number of hydrogen-bond donors (Lipinski definition) is 1. The Kier molecular flexibility index (Phi) is 6.49. The molecule has 0 aromatic heterocycles. The van der Waals surface area contributed by atoms with Gasteiger partial charge in [-0.2, -0.15) is 0 Å². The second-order valence-corrected chi connectivity index (χ2v) is 10.8. The highest BCUT2D eigenvalue weighted by Crippen LogP contribution is 2.48. The fraction of sp³-hybridized carbons (Fsp3) is 0.519. The number of methoxy groups -OCH3 is 2. The van der Waals surface area contributed by atoms with Crippen molar-refractivity contribution in [2.75, 3.05) is 40.5 Å². The van der Waals surface area contributed by atoms with Crippen LogP contribution < -0.4 is 19.5 Å². The Morgan fingerprint density at radius 1 is 1.11 bits per heavy atom. The Balaban J connectivity index is 1.44. The molecule has 3 fully saturated rings. The molecule has 35 heavy (non-hydrogen) atoms. The minimum Gasteiger partial charge on any atom is -0.497 e. The number of alkyl carbamates (subject to hydrolysis) is 1. The molecule has 2 aromatic carbocycles. The van der Waals surface area contributed by atoms with Gasteiger partial charge in [-0.1, -0.05) is 25.4 Å². The number of ether oxygens (including phenoxy) is 4. The molecule has 2 atom stereocenters. The van der Waals surface area contributed by atoms with Crippen LogP contribution in [0.2, 0.25) is 5.02 Å². The molecular formula is C27H33ClN2O5. The van der Waals surface area contributed by atoms with Gasteiger partial charge in [0, 0.05) is 33.7 Å². The second-order valence-electron chi connectivity index (χ2n) is 10.4. The van der Waals surface area contributed by atoms with E-state index < -0.39 is 0 Å². The second kappa shape index (κ2) is 9.43. The smallest absolute Gasteiger partial charge is 0.407 e. The van der Waals surface area contributed by atoms with Crippen molar-refractivity contribution in [3.63, 3.8) is 0 Å². The van der Waals surface area contributed by atoms with Gasteiger partial charge in [0.15, 0.2) is 0 Å². The predicted octanol–water partition coefficient (Wildman–Crippen LogP) is 5.30. The molecule has 1 amide bonds. The molecule has 188 valence electrons. The summed E-state index contributed by atoms with van der Waals surface area (Å²) in [7, 11) is 3.24. The van der Waals surface area contributed by atoms with Crippen molar-refractivity contribution in [2.45, 2.75) is 38.8 Å². The summed E-state index contributed by atoms with van der Waals surface area (Å²) in [6, 6.07) is 9.05. The lowest BCUT2D eigenvalue weighted by atomic mass is 9.78. The number of carbonyl (C=O) groups excluding carboxylic acids is 1. The van der Waals surface area contributed by atoms with Crippen molar-refractivity contribution >= 4 is 17.7 Å². The molecule has 0 saturated carbocycles. The predicted molar refractivity (Wildman–Crippen MR) is 135 cm³/mol. The van der Waals surface area contributed by atoms with Crippen LogP contribution in [0, 0.1) is 11.3 Å². The van der Waals surface area contributed by atoms with Crippen molar-refractivity contribution in [2.24, 2.45) is 11.3 Å². The van der Waals surface area contributed by atoms with Crippen LogP contribution in [0.3, 0.4) is 0 Å². The van der Waals surface area contributed by atoms with Crippen LogP contribution in [0.25, 0.3) is 11.1 Å². The first kappa shape index (κ1) is 24.1. The zero-order valence-electron chi connectivity index (χ0n) is 20.7. The van der Waals surface area contributed by atoms with Crippen LogP contribution >= 0.6 is 11.6 Å². The quantitative estimate of drug-likeness (QED) is 0.600. The summed E-state index contributed by atoms with van der Waals surface area (Å²) in [4.78, 5) is 15.4. The average molecular weight is 501 g/mol. The van der Waals surface area contributed by atoms with E-state index in [1.54, 1.807) is 20.3 Å². The van der Waals surface area contributed by atoms with E-state index in [1.807, 2.05) is 24.3 Å².